The number of anilines is 1. The number of aromatic nitrogens is 1. The maximum atomic E-state index is 5.90. The van der Waals surface area contributed by atoms with Gasteiger partial charge < -0.3 is 5.32 Å². The van der Waals surface area contributed by atoms with E-state index in [1.54, 1.807) is 18.3 Å². The first-order valence-electron chi connectivity index (χ1n) is 6.16. The van der Waals surface area contributed by atoms with Crippen LogP contribution < -0.4 is 10.7 Å². The van der Waals surface area contributed by atoms with Gasteiger partial charge in [-0.05, 0) is 49.5 Å². The molecule has 23 heavy (non-hydrogen) atoms. The molecule has 0 aliphatic rings. The van der Waals surface area contributed by atoms with Gasteiger partial charge in [0.1, 0.15) is 0 Å². The molecule has 0 bridgehead atoms. The van der Waals surface area contributed by atoms with E-state index in [0.29, 0.717) is 10.1 Å². The zero-order chi connectivity index (χ0) is 17.1. The van der Waals surface area contributed by atoms with E-state index in [4.69, 9.17) is 23.8 Å². The Hall–Kier alpha value is -0.881. The van der Waals surface area contributed by atoms with Gasteiger partial charge in [0.05, 0.1) is 11.4 Å². The van der Waals surface area contributed by atoms with Crippen molar-refractivity contribution < 1.29 is 13.1 Å². The van der Waals surface area contributed by atoms with E-state index in [1.807, 2.05) is 37.3 Å². The third-order valence-electron chi connectivity index (χ3n) is 2.44. The fourth-order valence-corrected chi connectivity index (χ4v) is 1.85. The van der Waals surface area contributed by atoms with Crippen LogP contribution in [0.3, 0.4) is 0 Å². The van der Waals surface area contributed by atoms with E-state index in [2.05, 4.69) is 41.0 Å². The van der Waals surface area contributed by atoms with Crippen molar-refractivity contribution in [3.05, 3.63) is 59.4 Å². The van der Waals surface area contributed by atoms with E-state index in [1.165, 1.54) is 0 Å². The van der Waals surface area contributed by atoms with Crippen molar-refractivity contribution in [1.29, 1.82) is 0 Å². The molecule has 0 spiro atoms. The Morgan fingerprint density at radius 2 is 1.96 bits per heavy atom. The monoisotopic (exact) mass is 437 g/mol. The summed E-state index contributed by atoms with van der Waals surface area (Å²) in [5.41, 5.74) is 5.13. The van der Waals surface area contributed by atoms with Crippen LogP contribution in [0.2, 0.25) is 5.02 Å². The number of hydrazone groups is 1. The molecular formula is C14H13Cl3CuN4S. The Morgan fingerprint density at radius 1 is 1.22 bits per heavy atom. The molecule has 2 aromatic rings. The molecule has 0 unspecified atom stereocenters. The first-order chi connectivity index (χ1) is 11.1. The predicted molar refractivity (Wildman–Crippen MR) is 99.0 cm³/mol. The van der Waals surface area contributed by atoms with Crippen LogP contribution in [0.4, 0.5) is 5.69 Å². The van der Waals surface area contributed by atoms with Gasteiger partial charge in [0.25, 0.3) is 0 Å². The molecule has 0 saturated carbocycles. The normalized spacial score (nSPS) is 10.5. The Morgan fingerprint density at radius 3 is 2.57 bits per heavy atom. The van der Waals surface area contributed by atoms with Gasteiger partial charge in [0.2, 0.25) is 0 Å². The fraction of sp³-hybridized carbons (Fsp3) is 0.0714. The topological polar surface area (TPSA) is 49.3 Å². The third kappa shape index (κ3) is 8.51. The van der Waals surface area contributed by atoms with E-state index < -0.39 is 0 Å². The molecule has 1 aromatic carbocycles. The quantitative estimate of drug-likeness (QED) is 0.312. The molecule has 4 nitrogen and oxygen atoms in total. The summed E-state index contributed by atoms with van der Waals surface area (Å²) < 4.78 is 0. The number of nitrogens with one attached hydrogen (secondary N) is 2. The van der Waals surface area contributed by atoms with E-state index in [-0.39, 0.29) is 0 Å². The van der Waals surface area contributed by atoms with E-state index in [0.717, 1.165) is 30.2 Å². The molecule has 0 atom stereocenters. The van der Waals surface area contributed by atoms with Crippen LogP contribution >= 0.6 is 44.0 Å². The molecule has 2 N–H and O–H groups in total. The Kier molecular flexibility index (Phi) is 10.2. The molecule has 0 saturated heterocycles. The Bertz CT molecular complexity index is 655. The summed E-state index contributed by atoms with van der Waals surface area (Å²) in [4.78, 5) is 4.20. The number of halogens is 3. The van der Waals surface area contributed by atoms with Gasteiger partial charge in [0, 0.05) is 16.9 Å². The van der Waals surface area contributed by atoms with Gasteiger partial charge >= 0.3 is 33.3 Å². The summed E-state index contributed by atoms with van der Waals surface area (Å²) in [6, 6.07) is 12.9. The van der Waals surface area contributed by atoms with Crippen molar-refractivity contribution in [3.8, 4) is 0 Å². The SMILES string of the molecule is CC(=NNC(=S)Nc1cccc(Cl)c1)c1ccccn1.[Cl][Cu][Cl]. The van der Waals surface area contributed by atoms with Gasteiger partial charge in [-0.2, -0.15) is 5.10 Å². The standard InChI is InChI=1S/C14H13ClN4S.2ClH.Cu/c1-10(13-7-2-3-8-16-13)18-19-14(20)17-12-6-4-5-11(15)9-12;;;/h2-9H,1H3,(H2,17,19,20);2*1H;/q;;;+2/p-2. The van der Waals surface area contributed by atoms with Crippen LogP contribution in [0.25, 0.3) is 0 Å². The summed E-state index contributed by atoms with van der Waals surface area (Å²) in [5, 5.41) is 8.21. The van der Waals surface area contributed by atoms with Gasteiger partial charge in [0.15, 0.2) is 5.11 Å². The molecule has 0 aliphatic carbocycles. The number of rotatable bonds is 3. The number of hydrogen-bond acceptors (Lipinski definition) is 3. The zero-order valence-corrected chi connectivity index (χ0v) is 15.9. The summed E-state index contributed by atoms with van der Waals surface area (Å²) >= 11 is 11.8. The average molecular weight is 439 g/mol. The fourth-order valence-electron chi connectivity index (χ4n) is 1.49. The van der Waals surface area contributed by atoms with Crippen molar-refractivity contribution in [2.24, 2.45) is 5.10 Å². The van der Waals surface area contributed by atoms with Crippen LogP contribution in [0.1, 0.15) is 12.6 Å². The minimum atomic E-state index is 0.391. The number of benzene rings is 1. The Labute approximate surface area is 160 Å². The molecular weight excluding hydrogens is 426 g/mol. The molecule has 0 fully saturated rings. The maximum absolute atomic E-state index is 5.90. The van der Waals surface area contributed by atoms with Gasteiger partial charge in [-0.25, -0.2) is 0 Å². The van der Waals surface area contributed by atoms with Crippen LogP contribution in [0.15, 0.2) is 53.8 Å². The van der Waals surface area contributed by atoms with Crippen molar-refractivity contribution in [2.75, 3.05) is 5.32 Å². The average Bonchev–Trinajstić information content (AvgIpc) is 2.54. The molecule has 1 aromatic heterocycles. The minimum absolute atomic E-state index is 0.391. The van der Waals surface area contributed by atoms with E-state index in [9.17, 15) is 0 Å². The molecule has 127 valence electrons. The molecule has 0 amide bonds. The third-order valence-corrected chi connectivity index (χ3v) is 2.87. The number of thiocarbonyl (C=S) groups is 1. The summed E-state index contributed by atoms with van der Waals surface area (Å²) in [6.45, 7) is 1.86. The van der Waals surface area contributed by atoms with Crippen LogP contribution in [0, 0.1) is 0 Å². The van der Waals surface area contributed by atoms with Crippen LogP contribution in [-0.4, -0.2) is 15.8 Å². The second kappa shape index (κ2) is 11.6. The summed E-state index contributed by atoms with van der Waals surface area (Å²) in [5.74, 6) is 0. The number of pyridine rings is 1. The molecule has 0 radical (unpaired) electrons. The number of nitrogens with zero attached hydrogens (tertiary/aromatic N) is 2. The predicted octanol–water partition coefficient (Wildman–Crippen LogP) is 4.82. The molecule has 9 heteroatoms. The summed E-state index contributed by atoms with van der Waals surface area (Å²) in [7, 11) is 9.34. The van der Waals surface area contributed by atoms with Crippen LogP contribution in [0.5, 0.6) is 0 Å². The Balaban J connectivity index is 0.000000816. The number of hydrogen-bond donors (Lipinski definition) is 2. The second-order valence-corrected chi connectivity index (χ2v) is 6.43. The van der Waals surface area contributed by atoms with Crippen molar-refractivity contribution >= 4 is 60.5 Å². The first-order valence-corrected chi connectivity index (χ1v) is 9.54. The molecule has 2 rings (SSSR count). The van der Waals surface area contributed by atoms with Crippen molar-refractivity contribution in [1.82, 2.24) is 10.4 Å². The first kappa shape index (κ1) is 20.2. The van der Waals surface area contributed by atoms with Crippen LogP contribution in [-0.2, 0) is 13.1 Å². The second-order valence-electron chi connectivity index (χ2n) is 4.03. The zero-order valence-electron chi connectivity index (χ0n) is 11.9. The van der Waals surface area contributed by atoms with Gasteiger partial charge in [-0.3, -0.25) is 10.4 Å². The van der Waals surface area contributed by atoms with Gasteiger partial charge in [-0.15, -0.1) is 0 Å². The van der Waals surface area contributed by atoms with E-state index >= 15 is 0 Å². The van der Waals surface area contributed by atoms with Crippen molar-refractivity contribution in [2.45, 2.75) is 6.92 Å². The molecule has 1 heterocycles. The molecule has 0 aliphatic heterocycles. The summed E-state index contributed by atoms with van der Waals surface area (Å²) in [6.07, 6.45) is 1.72. The van der Waals surface area contributed by atoms with Crippen molar-refractivity contribution in [3.63, 3.8) is 0 Å². The van der Waals surface area contributed by atoms with Gasteiger partial charge in [-0.1, -0.05) is 23.7 Å².